The van der Waals surface area contributed by atoms with Gasteiger partial charge in [-0.3, -0.25) is 4.79 Å². The molecule has 34 heavy (non-hydrogen) atoms. The molecule has 2 saturated carbocycles. The van der Waals surface area contributed by atoms with Crippen LogP contribution in [0.3, 0.4) is 0 Å². The van der Waals surface area contributed by atoms with E-state index < -0.39 is 36.2 Å². The third kappa shape index (κ3) is 6.64. The Bertz CT molecular complexity index is 876. The van der Waals surface area contributed by atoms with Gasteiger partial charge in [0, 0.05) is 44.0 Å². The first-order chi connectivity index (χ1) is 16.3. The molecule has 0 bridgehead atoms. The number of hydrogen-bond acceptors (Lipinski definition) is 5. The first kappa shape index (κ1) is 24.8. The number of nitrogens with one attached hydrogen (secondary N) is 2. The Labute approximate surface area is 199 Å². The molecular weight excluding hydrogens is 444 g/mol. The van der Waals surface area contributed by atoms with Crippen molar-refractivity contribution in [2.24, 2.45) is 11.8 Å². The van der Waals surface area contributed by atoms with Gasteiger partial charge < -0.3 is 20.5 Å². The van der Waals surface area contributed by atoms with E-state index in [1.54, 1.807) is 0 Å². The zero-order valence-electron chi connectivity index (χ0n) is 19.5. The average Bonchev–Trinajstić information content (AvgIpc) is 2.78. The molecule has 2 heterocycles. The molecule has 2 aliphatic carbocycles. The first-order valence-electron chi connectivity index (χ1n) is 12.5. The molecule has 1 aromatic rings. The summed E-state index contributed by atoms with van der Waals surface area (Å²) in [5.74, 6) is -3.86. The second-order valence-electron chi connectivity index (χ2n) is 10.0. The van der Waals surface area contributed by atoms with Gasteiger partial charge in [0.05, 0.1) is 6.10 Å². The van der Waals surface area contributed by atoms with Crippen molar-refractivity contribution in [1.82, 2.24) is 10.3 Å². The van der Waals surface area contributed by atoms with Crippen LogP contribution in [0.25, 0.3) is 0 Å². The van der Waals surface area contributed by atoms with Crippen LogP contribution in [0.15, 0.2) is 12.1 Å². The highest BCUT2D eigenvalue weighted by molar-refractivity contribution is 5.85. The number of halogens is 2. The van der Waals surface area contributed by atoms with Crippen LogP contribution in [0.2, 0.25) is 0 Å². The average molecular weight is 480 g/mol. The highest BCUT2D eigenvalue weighted by atomic mass is 19.3. The van der Waals surface area contributed by atoms with Crippen molar-refractivity contribution in [1.29, 1.82) is 0 Å². The van der Waals surface area contributed by atoms with Gasteiger partial charge in [-0.05, 0) is 68.9 Å². The molecular formula is C25H35F2N3O4. The number of pyridine rings is 1. The standard InChI is InChI=1S/C25H35F2N3O4/c26-25(27)10-1-3-18(15-25)23(31)30-21(24(32)33)9-12-34-20-13-16(14-20)5-7-19-8-6-17-4-2-11-28-22(17)29-19/h6,8,16,18,20-21H,1-5,7,9-15H2,(H,28,29)(H,30,31)(H,32,33)/t16?,18?,20?,21-/m0/s1. The third-order valence-electron chi connectivity index (χ3n) is 7.34. The van der Waals surface area contributed by atoms with E-state index in [1.165, 1.54) is 5.56 Å². The lowest BCUT2D eigenvalue weighted by Crippen LogP contribution is -2.46. The van der Waals surface area contributed by atoms with Crippen molar-refractivity contribution >= 4 is 17.7 Å². The van der Waals surface area contributed by atoms with Crippen LogP contribution >= 0.6 is 0 Å². The fourth-order valence-corrected chi connectivity index (χ4v) is 5.20. The van der Waals surface area contributed by atoms with Crippen molar-refractivity contribution in [3.05, 3.63) is 23.4 Å². The van der Waals surface area contributed by atoms with E-state index >= 15 is 0 Å². The van der Waals surface area contributed by atoms with Gasteiger partial charge >= 0.3 is 5.97 Å². The van der Waals surface area contributed by atoms with E-state index in [0.29, 0.717) is 12.3 Å². The summed E-state index contributed by atoms with van der Waals surface area (Å²) in [6.45, 7) is 1.20. The zero-order valence-corrected chi connectivity index (χ0v) is 19.5. The summed E-state index contributed by atoms with van der Waals surface area (Å²) in [5.41, 5.74) is 2.40. The Morgan fingerprint density at radius 3 is 2.88 bits per heavy atom. The number of carbonyl (C=O) groups excluding carboxylic acids is 1. The van der Waals surface area contributed by atoms with E-state index in [0.717, 1.165) is 56.6 Å². The Morgan fingerprint density at radius 1 is 1.29 bits per heavy atom. The molecule has 3 N–H and O–H groups in total. The summed E-state index contributed by atoms with van der Waals surface area (Å²) in [4.78, 5) is 28.6. The van der Waals surface area contributed by atoms with E-state index in [-0.39, 0.29) is 32.0 Å². The van der Waals surface area contributed by atoms with E-state index in [4.69, 9.17) is 9.72 Å². The summed E-state index contributed by atoms with van der Waals surface area (Å²) in [5, 5.41) is 15.2. The number of carboxylic acids is 1. The predicted molar refractivity (Wildman–Crippen MR) is 123 cm³/mol. The van der Waals surface area contributed by atoms with Crippen LogP contribution in [0.5, 0.6) is 0 Å². The molecule has 0 aromatic carbocycles. The van der Waals surface area contributed by atoms with E-state index in [2.05, 4.69) is 22.8 Å². The Hall–Kier alpha value is -2.29. The van der Waals surface area contributed by atoms with Crippen LogP contribution in [-0.4, -0.2) is 53.2 Å². The molecule has 1 aliphatic heterocycles. The van der Waals surface area contributed by atoms with E-state index in [1.807, 2.05) is 0 Å². The van der Waals surface area contributed by atoms with Crippen LogP contribution in [0.4, 0.5) is 14.6 Å². The molecule has 1 amide bonds. The molecule has 1 unspecified atom stereocenters. The number of alkyl halides is 2. The summed E-state index contributed by atoms with van der Waals surface area (Å²) < 4.78 is 33.0. The number of nitrogens with zero attached hydrogens (tertiary/aromatic N) is 1. The maximum absolute atomic E-state index is 13.6. The number of aryl methyl sites for hydroxylation is 2. The maximum Gasteiger partial charge on any atom is 0.326 e. The van der Waals surface area contributed by atoms with Gasteiger partial charge in [0.25, 0.3) is 0 Å². The molecule has 0 radical (unpaired) electrons. The SMILES string of the molecule is O=C(N[C@@H](CCOC1CC(CCc2ccc3c(n2)NCCC3)C1)C(=O)O)C1CCCC(F)(F)C1. The van der Waals surface area contributed by atoms with Crippen molar-refractivity contribution in [2.75, 3.05) is 18.5 Å². The number of fused-ring (bicyclic) bond motifs is 1. The smallest absolute Gasteiger partial charge is 0.326 e. The van der Waals surface area contributed by atoms with Crippen LogP contribution in [-0.2, 0) is 27.2 Å². The van der Waals surface area contributed by atoms with Gasteiger partial charge in [0.15, 0.2) is 0 Å². The Morgan fingerprint density at radius 2 is 2.12 bits per heavy atom. The normalized spacial score (nSPS) is 26.5. The highest BCUT2D eigenvalue weighted by Crippen LogP contribution is 2.37. The number of carbonyl (C=O) groups is 2. The largest absolute Gasteiger partial charge is 0.480 e. The lowest BCUT2D eigenvalue weighted by Gasteiger charge is -2.35. The summed E-state index contributed by atoms with van der Waals surface area (Å²) in [6, 6.07) is 3.17. The number of ether oxygens (including phenoxy) is 1. The summed E-state index contributed by atoms with van der Waals surface area (Å²) in [6.07, 6.45) is 6.22. The van der Waals surface area contributed by atoms with E-state index in [9.17, 15) is 23.5 Å². The second-order valence-corrected chi connectivity index (χ2v) is 10.0. The van der Waals surface area contributed by atoms with Gasteiger partial charge in [0.1, 0.15) is 11.9 Å². The van der Waals surface area contributed by atoms with Gasteiger partial charge in [-0.15, -0.1) is 0 Å². The number of carboxylic acid groups (broad SMARTS) is 1. The molecule has 7 nitrogen and oxygen atoms in total. The topological polar surface area (TPSA) is 101 Å². The summed E-state index contributed by atoms with van der Waals surface area (Å²) >= 11 is 0. The van der Waals surface area contributed by atoms with Gasteiger partial charge in [-0.1, -0.05) is 6.07 Å². The number of anilines is 1. The minimum Gasteiger partial charge on any atom is -0.480 e. The third-order valence-corrected chi connectivity index (χ3v) is 7.34. The van der Waals surface area contributed by atoms with Gasteiger partial charge in [-0.2, -0.15) is 0 Å². The van der Waals surface area contributed by atoms with Crippen molar-refractivity contribution in [3.8, 4) is 0 Å². The Kier molecular flexibility index (Phi) is 8.01. The van der Waals surface area contributed by atoms with Crippen molar-refractivity contribution < 1.29 is 28.2 Å². The molecule has 2 fully saturated rings. The Balaban J connectivity index is 1.13. The minimum absolute atomic E-state index is 0.102. The maximum atomic E-state index is 13.6. The molecule has 9 heteroatoms. The van der Waals surface area contributed by atoms with Crippen LogP contribution in [0.1, 0.15) is 69.0 Å². The van der Waals surface area contributed by atoms with Crippen LogP contribution < -0.4 is 10.6 Å². The summed E-state index contributed by atoms with van der Waals surface area (Å²) in [7, 11) is 0. The lowest BCUT2D eigenvalue weighted by molar-refractivity contribution is -0.145. The van der Waals surface area contributed by atoms with Crippen molar-refractivity contribution in [2.45, 2.75) is 88.7 Å². The monoisotopic (exact) mass is 479 g/mol. The number of amides is 1. The lowest BCUT2D eigenvalue weighted by atomic mass is 9.79. The zero-order chi connectivity index (χ0) is 24.1. The molecule has 2 atom stereocenters. The van der Waals surface area contributed by atoms with Crippen molar-refractivity contribution in [3.63, 3.8) is 0 Å². The number of rotatable bonds is 10. The molecule has 1 aromatic heterocycles. The molecule has 0 spiro atoms. The fourth-order valence-electron chi connectivity index (χ4n) is 5.20. The number of hydrogen-bond donors (Lipinski definition) is 3. The molecule has 4 rings (SSSR count). The van der Waals surface area contributed by atoms with Gasteiger partial charge in [-0.25, -0.2) is 18.6 Å². The highest BCUT2D eigenvalue weighted by Gasteiger charge is 2.40. The number of aliphatic carboxylic acids is 1. The minimum atomic E-state index is -2.85. The first-order valence-corrected chi connectivity index (χ1v) is 12.5. The molecule has 188 valence electrons. The molecule has 3 aliphatic rings. The fraction of sp³-hybridized carbons (Fsp3) is 0.720. The van der Waals surface area contributed by atoms with Gasteiger partial charge in [0.2, 0.25) is 11.8 Å². The molecule has 0 saturated heterocycles. The second kappa shape index (κ2) is 11.0. The number of aromatic nitrogens is 1. The van der Waals surface area contributed by atoms with Crippen LogP contribution in [0, 0.1) is 11.8 Å². The quantitative estimate of drug-likeness (QED) is 0.470. The predicted octanol–water partition coefficient (Wildman–Crippen LogP) is 3.95.